The fourth-order valence-corrected chi connectivity index (χ4v) is 3.93. The largest absolute Gasteiger partial charge is 0.466 e. The molecule has 0 radical (unpaired) electrons. The van der Waals surface area contributed by atoms with Crippen LogP contribution in [0.4, 0.5) is 0 Å². The Morgan fingerprint density at radius 3 is 2.38 bits per heavy atom. The number of hydrogen-bond donors (Lipinski definition) is 0. The van der Waals surface area contributed by atoms with Crippen molar-refractivity contribution in [2.45, 2.75) is 91.4 Å². The van der Waals surface area contributed by atoms with Gasteiger partial charge in [-0.15, -0.1) is 0 Å². The van der Waals surface area contributed by atoms with Crippen molar-refractivity contribution < 1.29 is 19.1 Å². The Morgan fingerprint density at radius 1 is 0.931 bits per heavy atom. The van der Waals surface area contributed by atoms with Crippen LogP contribution in [0.25, 0.3) is 0 Å². The first-order valence-electron chi connectivity index (χ1n) is 11.8. The van der Waals surface area contributed by atoms with E-state index in [9.17, 15) is 9.59 Å². The number of rotatable bonds is 15. The molecule has 0 aromatic carbocycles. The summed E-state index contributed by atoms with van der Waals surface area (Å²) in [5, 5.41) is 0. The van der Waals surface area contributed by atoms with Crippen LogP contribution in [0.2, 0.25) is 0 Å². The van der Waals surface area contributed by atoms with E-state index in [2.05, 4.69) is 31.2 Å². The van der Waals surface area contributed by atoms with Crippen molar-refractivity contribution in [1.82, 2.24) is 0 Å². The van der Waals surface area contributed by atoms with Crippen LogP contribution in [0.1, 0.15) is 91.4 Å². The number of ether oxygens (including phenoxy) is 2. The second kappa shape index (κ2) is 16.2. The molecule has 1 aliphatic rings. The van der Waals surface area contributed by atoms with Gasteiger partial charge in [-0.3, -0.25) is 9.59 Å². The van der Waals surface area contributed by atoms with E-state index in [1.807, 2.05) is 13.8 Å². The zero-order valence-corrected chi connectivity index (χ0v) is 18.9. The van der Waals surface area contributed by atoms with Gasteiger partial charge in [0.15, 0.2) is 0 Å². The summed E-state index contributed by atoms with van der Waals surface area (Å²) in [4.78, 5) is 23.7. The van der Waals surface area contributed by atoms with Crippen LogP contribution >= 0.6 is 0 Å². The van der Waals surface area contributed by atoms with Crippen molar-refractivity contribution in [2.24, 2.45) is 17.8 Å². The summed E-state index contributed by atoms with van der Waals surface area (Å²) in [6.07, 6.45) is 20.5. The predicted octanol–water partition coefficient (Wildman–Crippen LogP) is 6.40. The molecule has 0 amide bonds. The highest BCUT2D eigenvalue weighted by molar-refractivity contribution is 5.73. The first kappa shape index (κ1) is 25.5. The Morgan fingerprint density at radius 2 is 1.66 bits per heavy atom. The predicted molar refractivity (Wildman–Crippen MR) is 118 cm³/mol. The summed E-state index contributed by atoms with van der Waals surface area (Å²) in [5.74, 6) is 0.564. The summed E-state index contributed by atoms with van der Waals surface area (Å²) in [7, 11) is 0. The van der Waals surface area contributed by atoms with E-state index < -0.39 is 0 Å². The van der Waals surface area contributed by atoms with Crippen molar-refractivity contribution >= 4 is 11.9 Å². The van der Waals surface area contributed by atoms with Crippen molar-refractivity contribution in [3.05, 3.63) is 24.3 Å². The molecule has 0 saturated carbocycles. The SMILES string of the molecule is CCCCC1C=CC(/C=C/CCCCCCCC(=O)OCC)CC1C(=O)OCC. The number of unbranched alkanes of at least 4 members (excludes halogenated alkanes) is 6. The van der Waals surface area contributed by atoms with Crippen LogP contribution in [0.5, 0.6) is 0 Å². The number of allylic oxidation sites excluding steroid dienone is 4. The van der Waals surface area contributed by atoms with Gasteiger partial charge >= 0.3 is 11.9 Å². The van der Waals surface area contributed by atoms with Crippen molar-refractivity contribution in [2.75, 3.05) is 13.2 Å². The smallest absolute Gasteiger partial charge is 0.309 e. The van der Waals surface area contributed by atoms with E-state index in [1.54, 1.807) is 0 Å². The fraction of sp³-hybridized carbons (Fsp3) is 0.760. The summed E-state index contributed by atoms with van der Waals surface area (Å²) in [5.41, 5.74) is 0. The van der Waals surface area contributed by atoms with Gasteiger partial charge in [0, 0.05) is 6.42 Å². The Kier molecular flexibility index (Phi) is 14.3. The van der Waals surface area contributed by atoms with E-state index in [0.29, 0.717) is 31.5 Å². The third kappa shape index (κ3) is 11.3. The molecule has 0 fully saturated rings. The zero-order chi connectivity index (χ0) is 21.3. The molecule has 4 heteroatoms. The van der Waals surface area contributed by atoms with E-state index in [1.165, 1.54) is 19.3 Å². The molecule has 0 N–H and O–H groups in total. The maximum absolute atomic E-state index is 12.4. The topological polar surface area (TPSA) is 52.6 Å². The van der Waals surface area contributed by atoms with E-state index >= 15 is 0 Å². The molecule has 166 valence electrons. The normalized spacial score (nSPS) is 21.4. The third-order valence-corrected chi connectivity index (χ3v) is 5.57. The maximum atomic E-state index is 12.4. The average Bonchev–Trinajstić information content (AvgIpc) is 2.71. The first-order chi connectivity index (χ1) is 14.1. The van der Waals surface area contributed by atoms with Gasteiger partial charge in [-0.2, -0.15) is 0 Å². The molecule has 0 aromatic rings. The molecular weight excluding hydrogens is 364 g/mol. The molecule has 0 heterocycles. The second-order valence-electron chi connectivity index (χ2n) is 7.99. The highest BCUT2D eigenvalue weighted by Crippen LogP contribution is 2.33. The molecule has 0 aromatic heterocycles. The Bertz CT molecular complexity index is 509. The third-order valence-electron chi connectivity index (χ3n) is 5.57. The lowest BCUT2D eigenvalue weighted by Gasteiger charge is -2.29. The standard InChI is InChI=1S/C25H42O4/c1-4-7-16-22-19-18-21(20-23(22)25(27)29-6-3)15-13-11-9-8-10-12-14-17-24(26)28-5-2/h13,15,18-19,21-23H,4-12,14,16-17,20H2,1-3H3/b15-13+. The number of esters is 2. The minimum absolute atomic E-state index is 0.000508. The highest BCUT2D eigenvalue weighted by Gasteiger charge is 2.31. The molecule has 3 unspecified atom stereocenters. The van der Waals surface area contributed by atoms with Crippen LogP contribution in [-0.2, 0) is 19.1 Å². The molecule has 1 rings (SSSR count). The van der Waals surface area contributed by atoms with Crippen molar-refractivity contribution in [1.29, 1.82) is 0 Å². The van der Waals surface area contributed by atoms with Gasteiger partial charge in [0.2, 0.25) is 0 Å². The first-order valence-corrected chi connectivity index (χ1v) is 11.8. The van der Waals surface area contributed by atoms with Crippen LogP contribution in [0, 0.1) is 17.8 Å². The van der Waals surface area contributed by atoms with E-state index in [0.717, 1.165) is 44.9 Å². The summed E-state index contributed by atoms with van der Waals surface area (Å²) in [6.45, 7) is 6.85. The molecule has 1 aliphatic carbocycles. The summed E-state index contributed by atoms with van der Waals surface area (Å²) in [6, 6.07) is 0. The molecule has 0 saturated heterocycles. The van der Waals surface area contributed by atoms with Gasteiger partial charge in [0.05, 0.1) is 19.1 Å². The quantitative estimate of drug-likeness (QED) is 0.179. The molecule has 29 heavy (non-hydrogen) atoms. The van der Waals surface area contributed by atoms with Gasteiger partial charge in [-0.25, -0.2) is 0 Å². The van der Waals surface area contributed by atoms with Crippen LogP contribution in [0.15, 0.2) is 24.3 Å². The van der Waals surface area contributed by atoms with Crippen molar-refractivity contribution in [3.63, 3.8) is 0 Å². The zero-order valence-electron chi connectivity index (χ0n) is 18.9. The minimum Gasteiger partial charge on any atom is -0.466 e. The number of hydrogen-bond acceptors (Lipinski definition) is 4. The Labute approximate surface area is 178 Å². The van der Waals surface area contributed by atoms with Gasteiger partial charge < -0.3 is 9.47 Å². The van der Waals surface area contributed by atoms with Gasteiger partial charge in [0.1, 0.15) is 0 Å². The van der Waals surface area contributed by atoms with Crippen molar-refractivity contribution in [3.8, 4) is 0 Å². The van der Waals surface area contributed by atoms with Crippen LogP contribution < -0.4 is 0 Å². The lowest BCUT2D eigenvalue weighted by Crippen LogP contribution is -2.29. The molecule has 3 atom stereocenters. The van der Waals surface area contributed by atoms with Gasteiger partial charge in [-0.05, 0) is 57.8 Å². The highest BCUT2D eigenvalue weighted by atomic mass is 16.5. The van der Waals surface area contributed by atoms with Gasteiger partial charge in [-0.1, -0.05) is 63.3 Å². The number of carbonyl (C=O) groups excluding carboxylic acids is 2. The lowest BCUT2D eigenvalue weighted by atomic mass is 9.76. The molecule has 0 bridgehead atoms. The van der Waals surface area contributed by atoms with E-state index in [4.69, 9.17) is 9.47 Å². The fourth-order valence-electron chi connectivity index (χ4n) is 3.93. The molecular formula is C25H42O4. The average molecular weight is 407 g/mol. The van der Waals surface area contributed by atoms with Crippen LogP contribution in [0.3, 0.4) is 0 Å². The maximum Gasteiger partial charge on any atom is 0.309 e. The van der Waals surface area contributed by atoms with Crippen LogP contribution in [-0.4, -0.2) is 25.2 Å². The Balaban J connectivity index is 2.27. The second-order valence-corrected chi connectivity index (χ2v) is 7.99. The molecule has 0 spiro atoms. The molecule has 4 nitrogen and oxygen atoms in total. The molecule has 0 aliphatic heterocycles. The van der Waals surface area contributed by atoms with E-state index in [-0.39, 0.29) is 17.9 Å². The lowest BCUT2D eigenvalue weighted by molar-refractivity contribution is -0.150. The summed E-state index contributed by atoms with van der Waals surface area (Å²) < 4.78 is 10.3. The minimum atomic E-state index is -0.0750. The summed E-state index contributed by atoms with van der Waals surface area (Å²) >= 11 is 0. The van der Waals surface area contributed by atoms with Gasteiger partial charge in [0.25, 0.3) is 0 Å². The monoisotopic (exact) mass is 406 g/mol. The Hall–Kier alpha value is -1.58. The number of carbonyl (C=O) groups is 2.